The molecule has 0 aliphatic carbocycles. The summed E-state index contributed by atoms with van der Waals surface area (Å²) in [6.45, 7) is 2.42. The molecule has 1 N–H and O–H groups in total. The monoisotopic (exact) mass is 194 g/mol. The summed E-state index contributed by atoms with van der Waals surface area (Å²) in [7, 11) is 0. The van der Waals surface area contributed by atoms with E-state index in [1.807, 2.05) is 6.33 Å². The zero-order valence-corrected chi connectivity index (χ0v) is 8.74. The Hall–Kier alpha value is -0.830. The summed E-state index contributed by atoms with van der Waals surface area (Å²) in [6.07, 6.45) is 7.53. The standard InChI is InChI=1S/C11H18N2O/c1-2-4-10-11-6-3-5-9(7-14)13(11)8-12-10/h8-9,14H,2-7H2,1H3. The number of aliphatic hydroxyl groups is 1. The Balaban J connectivity index is 2.28. The Bertz CT molecular complexity index is 306. The molecule has 2 rings (SSSR count). The lowest BCUT2D eigenvalue weighted by atomic mass is 10.0. The molecular weight excluding hydrogens is 176 g/mol. The molecule has 1 atom stereocenters. The minimum atomic E-state index is 0.245. The first-order valence-electron chi connectivity index (χ1n) is 5.52. The zero-order chi connectivity index (χ0) is 9.97. The van der Waals surface area contributed by atoms with Crippen LogP contribution in [0.15, 0.2) is 6.33 Å². The van der Waals surface area contributed by atoms with Crippen LogP contribution in [-0.4, -0.2) is 21.3 Å². The highest BCUT2D eigenvalue weighted by Crippen LogP contribution is 2.26. The number of rotatable bonds is 3. The van der Waals surface area contributed by atoms with Crippen LogP contribution in [0.3, 0.4) is 0 Å². The summed E-state index contributed by atoms with van der Waals surface area (Å²) < 4.78 is 2.18. The minimum Gasteiger partial charge on any atom is -0.394 e. The van der Waals surface area contributed by atoms with E-state index in [0.29, 0.717) is 0 Å². The highest BCUT2D eigenvalue weighted by atomic mass is 16.3. The van der Waals surface area contributed by atoms with Gasteiger partial charge in [-0.1, -0.05) is 13.3 Å². The molecule has 1 aliphatic heterocycles. The summed E-state index contributed by atoms with van der Waals surface area (Å²) >= 11 is 0. The van der Waals surface area contributed by atoms with E-state index in [1.165, 1.54) is 17.8 Å². The van der Waals surface area contributed by atoms with Crippen molar-refractivity contribution >= 4 is 0 Å². The molecule has 14 heavy (non-hydrogen) atoms. The van der Waals surface area contributed by atoms with Crippen LogP contribution in [-0.2, 0) is 12.8 Å². The maximum atomic E-state index is 9.23. The topological polar surface area (TPSA) is 38.0 Å². The second-order valence-electron chi connectivity index (χ2n) is 4.02. The first-order chi connectivity index (χ1) is 6.86. The summed E-state index contributed by atoms with van der Waals surface area (Å²) in [5.74, 6) is 0. The van der Waals surface area contributed by atoms with Crippen molar-refractivity contribution in [1.29, 1.82) is 0 Å². The Labute approximate surface area is 84.8 Å². The quantitative estimate of drug-likeness (QED) is 0.795. The van der Waals surface area contributed by atoms with Crippen LogP contribution in [0, 0.1) is 0 Å². The molecule has 0 saturated heterocycles. The zero-order valence-electron chi connectivity index (χ0n) is 8.74. The van der Waals surface area contributed by atoms with Crippen LogP contribution in [0.2, 0.25) is 0 Å². The first kappa shape index (κ1) is 9.71. The van der Waals surface area contributed by atoms with Crippen LogP contribution < -0.4 is 0 Å². The Morgan fingerprint density at radius 2 is 2.50 bits per heavy atom. The van der Waals surface area contributed by atoms with E-state index in [9.17, 15) is 5.11 Å². The number of aryl methyl sites for hydroxylation is 1. The molecule has 0 bridgehead atoms. The van der Waals surface area contributed by atoms with E-state index in [2.05, 4.69) is 16.5 Å². The highest BCUT2D eigenvalue weighted by molar-refractivity contribution is 5.16. The van der Waals surface area contributed by atoms with Gasteiger partial charge in [-0.3, -0.25) is 0 Å². The van der Waals surface area contributed by atoms with Gasteiger partial charge in [-0.15, -0.1) is 0 Å². The van der Waals surface area contributed by atoms with E-state index in [-0.39, 0.29) is 12.6 Å². The fourth-order valence-corrected chi connectivity index (χ4v) is 2.28. The maximum Gasteiger partial charge on any atom is 0.0955 e. The molecule has 0 aromatic carbocycles. The lowest BCUT2D eigenvalue weighted by Crippen LogP contribution is -2.20. The van der Waals surface area contributed by atoms with Gasteiger partial charge >= 0.3 is 0 Å². The first-order valence-corrected chi connectivity index (χ1v) is 5.52. The largest absolute Gasteiger partial charge is 0.394 e. The van der Waals surface area contributed by atoms with Crippen LogP contribution in [0.4, 0.5) is 0 Å². The highest BCUT2D eigenvalue weighted by Gasteiger charge is 2.21. The van der Waals surface area contributed by atoms with Gasteiger partial charge < -0.3 is 9.67 Å². The molecule has 2 heterocycles. The van der Waals surface area contributed by atoms with Crippen molar-refractivity contribution in [1.82, 2.24) is 9.55 Å². The minimum absolute atomic E-state index is 0.245. The molecule has 0 amide bonds. The third-order valence-corrected chi connectivity index (χ3v) is 3.02. The van der Waals surface area contributed by atoms with Crippen molar-refractivity contribution in [2.75, 3.05) is 6.61 Å². The second kappa shape index (κ2) is 4.13. The second-order valence-corrected chi connectivity index (χ2v) is 4.02. The Kier molecular flexibility index (Phi) is 2.87. The average Bonchev–Trinajstić information content (AvgIpc) is 2.62. The molecular formula is C11H18N2O. The number of fused-ring (bicyclic) bond motifs is 1. The lowest BCUT2D eigenvalue weighted by molar-refractivity contribution is 0.207. The third kappa shape index (κ3) is 1.57. The average molecular weight is 194 g/mol. The predicted molar refractivity (Wildman–Crippen MR) is 55.3 cm³/mol. The van der Waals surface area contributed by atoms with Crippen molar-refractivity contribution in [3.05, 3.63) is 17.7 Å². The van der Waals surface area contributed by atoms with Crippen molar-refractivity contribution in [2.45, 2.75) is 45.1 Å². The number of aliphatic hydroxyl groups excluding tert-OH is 1. The van der Waals surface area contributed by atoms with Gasteiger partial charge in [0, 0.05) is 5.69 Å². The van der Waals surface area contributed by atoms with Crippen LogP contribution in [0.1, 0.15) is 43.6 Å². The Morgan fingerprint density at radius 1 is 1.64 bits per heavy atom. The van der Waals surface area contributed by atoms with Crippen molar-refractivity contribution in [2.24, 2.45) is 0 Å². The van der Waals surface area contributed by atoms with Crippen LogP contribution in [0.25, 0.3) is 0 Å². The Morgan fingerprint density at radius 3 is 3.21 bits per heavy atom. The van der Waals surface area contributed by atoms with Crippen molar-refractivity contribution in [3.63, 3.8) is 0 Å². The molecule has 0 fully saturated rings. The van der Waals surface area contributed by atoms with Gasteiger partial charge in [0.1, 0.15) is 0 Å². The summed E-state index contributed by atoms with van der Waals surface area (Å²) in [5, 5.41) is 9.23. The molecule has 1 aliphatic rings. The fourth-order valence-electron chi connectivity index (χ4n) is 2.28. The number of nitrogens with zero attached hydrogens (tertiary/aromatic N) is 2. The lowest BCUT2D eigenvalue weighted by Gasteiger charge is -2.24. The summed E-state index contributed by atoms with van der Waals surface area (Å²) in [5.41, 5.74) is 2.60. The molecule has 1 aromatic heterocycles. The van der Waals surface area contributed by atoms with E-state index in [0.717, 1.165) is 25.7 Å². The molecule has 1 unspecified atom stereocenters. The van der Waals surface area contributed by atoms with E-state index in [1.54, 1.807) is 0 Å². The molecule has 0 saturated carbocycles. The van der Waals surface area contributed by atoms with Crippen LogP contribution >= 0.6 is 0 Å². The summed E-state index contributed by atoms with van der Waals surface area (Å²) in [4.78, 5) is 4.44. The molecule has 78 valence electrons. The van der Waals surface area contributed by atoms with Gasteiger partial charge in [-0.2, -0.15) is 0 Å². The number of hydrogen-bond acceptors (Lipinski definition) is 2. The normalized spacial score (nSPS) is 20.9. The van der Waals surface area contributed by atoms with E-state index in [4.69, 9.17) is 0 Å². The van der Waals surface area contributed by atoms with Gasteiger partial charge in [0.05, 0.1) is 24.7 Å². The molecule has 3 nitrogen and oxygen atoms in total. The molecule has 0 radical (unpaired) electrons. The number of imidazole rings is 1. The fraction of sp³-hybridized carbons (Fsp3) is 0.727. The van der Waals surface area contributed by atoms with Crippen molar-refractivity contribution < 1.29 is 5.11 Å². The maximum absolute atomic E-state index is 9.23. The molecule has 0 spiro atoms. The number of aromatic nitrogens is 2. The van der Waals surface area contributed by atoms with E-state index < -0.39 is 0 Å². The van der Waals surface area contributed by atoms with Gasteiger partial charge in [-0.25, -0.2) is 4.98 Å². The van der Waals surface area contributed by atoms with E-state index >= 15 is 0 Å². The van der Waals surface area contributed by atoms with Gasteiger partial charge in [0.2, 0.25) is 0 Å². The summed E-state index contributed by atoms with van der Waals surface area (Å²) in [6, 6.07) is 0.275. The number of hydrogen-bond donors (Lipinski definition) is 1. The molecule has 1 aromatic rings. The van der Waals surface area contributed by atoms with Crippen molar-refractivity contribution in [3.8, 4) is 0 Å². The SMILES string of the molecule is CCCc1ncn2c1CCCC2CO. The third-order valence-electron chi connectivity index (χ3n) is 3.02. The van der Waals surface area contributed by atoms with Gasteiger partial charge in [-0.05, 0) is 25.7 Å². The smallest absolute Gasteiger partial charge is 0.0955 e. The predicted octanol–water partition coefficient (Wildman–Crippen LogP) is 1.71. The van der Waals surface area contributed by atoms with Gasteiger partial charge in [0.15, 0.2) is 0 Å². The molecule has 3 heteroatoms. The van der Waals surface area contributed by atoms with Gasteiger partial charge in [0.25, 0.3) is 0 Å². The van der Waals surface area contributed by atoms with Crippen LogP contribution in [0.5, 0.6) is 0 Å².